The van der Waals surface area contributed by atoms with Crippen LogP contribution in [0, 0.1) is 0 Å². The molecule has 86 valence electrons. The quantitative estimate of drug-likeness (QED) is 0.734. The molecule has 3 nitrogen and oxygen atoms in total. The summed E-state index contributed by atoms with van der Waals surface area (Å²) in [6, 6.07) is 9.39. The summed E-state index contributed by atoms with van der Waals surface area (Å²) in [5.41, 5.74) is 0.926. The van der Waals surface area contributed by atoms with E-state index in [2.05, 4.69) is 0 Å². The Balaban J connectivity index is 2.49. The Morgan fingerprint density at radius 2 is 1.88 bits per heavy atom. The smallest absolute Gasteiger partial charge is 0.156 e. The highest BCUT2D eigenvalue weighted by molar-refractivity contribution is 7.90. The van der Waals surface area contributed by atoms with Gasteiger partial charge in [0.2, 0.25) is 0 Å². The lowest BCUT2D eigenvalue weighted by Gasteiger charge is -1.94. The Bertz CT molecular complexity index is 472. The van der Waals surface area contributed by atoms with E-state index in [1.807, 2.05) is 30.3 Å². The molecule has 0 aliphatic heterocycles. The standard InChI is InChI=1S/C12H14O3S/c1-16(14,15)10-9-12(13)8-7-11-5-3-2-4-6-11/h2-8H,9-10H2,1H3/b8-7+. The predicted molar refractivity (Wildman–Crippen MR) is 64.8 cm³/mol. The van der Waals surface area contributed by atoms with Gasteiger partial charge in [-0.1, -0.05) is 36.4 Å². The number of hydrogen-bond acceptors (Lipinski definition) is 3. The third-order valence-electron chi connectivity index (χ3n) is 1.98. The Kier molecular flexibility index (Phi) is 4.43. The SMILES string of the molecule is CS(=O)(=O)CCC(=O)/C=C/c1ccccc1. The van der Waals surface area contributed by atoms with Crippen molar-refractivity contribution in [2.24, 2.45) is 0 Å². The van der Waals surface area contributed by atoms with Gasteiger partial charge in [-0.05, 0) is 11.6 Å². The van der Waals surface area contributed by atoms with Crippen molar-refractivity contribution in [3.63, 3.8) is 0 Å². The largest absolute Gasteiger partial charge is 0.295 e. The molecule has 4 heteroatoms. The van der Waals surface area contributed by atoms with E-state index in [0.717, 1.165) is 11.8 Å². The molecule has 0 aliphatic rings. The maximum absolute atomic E-state index is 11.3. The zero-order valence-corrected chi connectivity index (χ0v) is 9.91. The lowest BCUT2D eigenvalue weighted by Crippen LogP contribution is -2.07. The summed E-state index contributed by atoms with van der Waals surface area (Å²) in [6.07, 6.45) is 4.27. The van der Waals surface area contributed by atoms with Crippen molar-refractivity contribution in [3.8, 4) is 0 Å². The van der Waals surface area contributed by atoms with Crippen LogP contribution in [0.15, 0.2) is 36.4 Å². The van der Waals surface area contributed by atoms with Gasteiger partial charge in [-0.2, -0.15) is 0 Å². The predicted octanol–water partition coefficient (Wildman–Crippen LogP) is 1.70. The molecule has 16 heavy (non-hydrogen) atoms. The number of benzene rings is 1. The number of hydrogen-bond donors (Lipinski definition) is 0. The third-order valence-corrected chi connectivity index (χ3v) is 2.93. The van der Waals surface area contributed by atoms with Gasteiger partial charge in [0.1, 0.15) is 9.84 Å². The van der Waals surface area contributed by atoms with Crippen molar-refractivity contribution >= 4 is 21.7 Å². The first-order chi connectivity index (χ1) is 7.47. The van der Waals surface area contributed by atoms with Gasteiger partial charge in [0, 0.05) is 12.7 Å². The molecular formula is C12H14O3S. The molecule has 0 fully saturated rings. The number of sulfone groups is 1. The molecule has 0 aliphatic carbocycles. The first kappa shape index (κ1) is 12.6. The summed E-state index contributed by atoms with van der Waals surface area (Å²) >= 11 is 0. The molecule has 0 bridgehead atoms. The minimum atomic E-state index is -3.06. The highest BCUT2D eigenvalue weighted by Gasteiger charge is 2.04. The van der Waals surface area contributed by atoms with Gasteiger partial charge >= 0.3 is 0 Å². The summed E-state index contributed by atoms with van der Waals surface area (Å²) < 4.78 is 21.7. The van der Waals surface area contributed by atoms with Gasteiger partial charge in [0.15, 0.2) is 5.78 Å². The topological polar surface area (TPSA) is 51.2 Å². The van der Waals surface area contributed by atoms with Gasteiger partial charge in [-0.15, -0.1) is 0 Å². The number of allylic oxidation sites excluding steroid dienone is 1. The fourth-order valence-electron chi connectivity index (χ4n) is 1.12. The van der Waals surface area contributed by atoms with E-state index in [9.17, 15) is 13.2 Å². The first-order valence-corrected chi connectivity index (χ1v) is 6.97. The van der Waals surface area contributed by atoms with Crippen LogP contribution in [-0.4, -0.2) is 26.2 Å². The lowest BCUT2D eigenvalue weighted by molar-refractivity contribution is -0.114. The van der Waals surface area contributed by atoms with Crippen LogP contribution in [-0.2, 0) is 14.6 Å². The molecule has 0 unspecified atom stereocenters. The van der Waals surface area contributed by atoms with Crippen molar-refractivity contribution < 1.29 is 13.2 Å². The fourth-order valence-corrected chi connectivity index (χ4v) is 1.69. The van der Waals surface area contributed by atoms with Crippen LogP contribution in [0.3, 0.4) is 0 Å². The van der Waals surface area contributed by atoms with Crippen LogP contribution in [0.5, 0.6) is 0 Å². The molecule has 0 radical (unpaired) electrons. The van der Waals surface area contributed by atoms with E-state index >= 15 is 0 Å². The summed E-state index contributed by atoms with van der Waals surface area (Å²) in [5.74, 6) is -0.264. The molecule has 1 aromatic rings. The zero-order chi connectivity index (χ0) is 12.0. The Hall–Kier alpha value is -1.42. The van der Waals surface area contributed by atoms with Crippen LogP contribution in [0.4, 0.5) is 0 Å². The average molecular weight is 238 g/mol. The molecule has 0 amide bonds. The van der Waals surface area contributed by atoms with Crippen LogP contribution < -0.4 is 0 Å². The molecule has 1 aromatic carbocycles. The number of carbonyl (C=O) groups is 1. The third kappa shape index (κ3) is 5.46. The molecule has 0 atom stereocenters. The highest BCUT2D eigenvalue weighted by Crippen LogP contribution is 2.02. The summed E-state index contributed by atoms with van der Waals surface area (Å²) in [4.78, 5) is 11.3. The maximum atomic E-state index is 11.3. The number of ketones is 1. The summed E-state index contributed by atoms with van der Waals surface area (Å²) in [5, 5.41) is 0. The molecule has 0 saturated carbocycles. The van der Waals surface area contributed by atoms with Gasteiger partial charge in [-0.3, -0.25) is 4.79 Å². The molecule has 1 rings (SSSR count). The number of carbonyl (C=O) groups excluding carboxylic acids is 1. The van der Waals surface area contributed by atoms with E-state index in [-0.39, 0.29) is 18.0 Å². The average Bonchev–Trinajstić information content (AvgIpc) is 2.24. The van der Waals surface area contributed by atoms with Crippen molar-refractivity contribution in [1.82, 2.24) is 0 Å². The molecule has 0 spiro atoms. The first-order valence-electron chi connectivity index (χ1n) is 4.91. The van der Waals surface area contributed by atoms with Crippen LogP contribution in [0.25, 0.3) is 6.08 Å². The van der Waals surface area contributed by atoms with Crippen LogP contribution in [0.1, 0.15) is 12.0 Å². The molecule has 0 saturated heterocycles. The van der Waals surface area contributed by atoms with Crippen LogP contribution >= 0.6 is 0 Å². The molecule has 0 heterocycles. The Labute approximate surface area is 95.7 Å². The van der Waals surface area contributed by atoms with E-state index in [0.29, 0.717) is 0 Å². The van der Waals surface area contributed by atoms with E-state index in [1.54, 1.807) is 6.08 Å². The Morgan fingerprint density at radius 1 is 1.25 bits per heavy atom. The van der Waals surface area contributed by atoms with Crippen molar-refractivity contribution in [2.75, 3.05) is 12.0 Å². The normalized spacial score (nSPS) is 11.8. The molecule has 0 aromatic heterocycles. The van der Waals surface area contributed by atoms with Crippen LogP contribution in [0.2, 0.25) is 0 Å². The van der Waals surface area contributed by atoms with Gasteiger partial charge in [0.25, 0.3) is 0 Å². The summed E-state index contributed by atoms with van der Waals surface area (Å²) in [6.45, 7) is 0. The van der Waals surface area contributed by atoms with Crippen molar-refractivity contribution in [1.29, 1.82) is 0 Å². The second-order valence-electron chi connectivity index (χ2n) is 3.59. The lowest BCUT2D eigenvalue weighted by atomic mass is 10.2. The minimum Gasteiger partial charge on any atom is -0.295 e. The number of rotatable bonds is 5. The molecular weight excluding hydrogens is 224 g/mol. The second kappa shape index (κ2) is 5.61. The van der Waals surface area contributed by atoms with Gasteiger partial charge in [0.05, 0.1) is 5.75 Å². The van der Waals surface area contributed by atoms with E-state index < -0.39 is 9.84 Å². The monoisotopic (exact) mass is 238 g/mol. The van der Waals surface area contributed by atoms with E-state index in [4.69, 9.17) is 0 Å². The maximum Gasteiger partial charge on any atom is 0.156 e. The van der Waals surface area contributed by atoms with Gasteiger partial charge in [-0.25, -0.2) is 8.42 Å². The van der Waals surface area contributed by atoms with E-state index in [1.165, 1.54) is 6.08 Å². The summed E-state index contributed by atoms with van der Waals surface area (Å²) in [7, 11) is -3.06. The van der Waals surface area contributed by atoms with Crippen molar-refractivity contribution in [3.05, 3.63) is 42.0 Å². The van der Waals surface area contributed by atoms with Gasteiger partial charge < -0.3 is 0 Å². The second-order valence-corrected chi connectivity index (χ2v) is 5.85. The zero-order valence-electron chi connectivity index (χ0n) is 9.09. The van der Waals surface area contributed by atoms with Crippen molar-refractivity contribution in [2.45, 2.75) is 6.42 Å². The Morgan fingerprint density at radius 3 is 2.44 bits per heavy atom. The fraction of sp³-hybridized carbons (Fsp3) is 0.250. The highest BCUT2D eigenvalue weighted by atomic mass is 32.2. The molecule has 0 N–H and O–H groups in total. The minimum absolute atomic E-state index is 0.0438.